The fourth-order valence-corrected chi connectivity index (χ4v) is 3.64. The number of nitrogens with zero attached hydrogens (tertiary/aromatic N) is 1. The minimum atomic E-state index is 0.0764. The predicted molar refractivity (Wildman–Crippen MR) is 67.1 cm³/mol. The van der Waals surface area contributed by atoms with Gasteiger partial charge in [-0.15, -0.1) is 0 Å². The molecule has 0 bridgehead atoms. The summed E-state index contributed by atoms with van der Waals surface area (Å²) in [5.41, 5.74) is 0.190. The molecular weight excluding hydrogens is 214 g/mol. The second-order valence-corrected chi connectivity index (χ2v) is 6.85. The van der Waals surface area contributed by atoms with E-state index in [1.54, 1.807) is 0 Å². The summed E-state index contributed by atoms with van der Waals surface area (Å²) in [4.78, 5) is 2.62. The minimum Gasteiger partial charge on any atom is -0.378 e. The van der Waals surface area contributed by atoms with Crippen molar-refractivity contribution in [2.45, 2.75) is 57.3 Å². The van der Waals surface area contributed by atoms with Gasteiger partial charge in [0.1, 0.15) is 0 Å². The van der Waals surface area contributed by atoms with Crippen molar-refractivity contribution < 1.29 is 9.47 Å². The molecule has 3 fully saturated rings. The number of piperidine rings is 1. The summed E-state index contributed by atoms with van der Waals surface area (Å²) in [7, 11) is 0. The van der Waals surface area contributed by atoms with Crippen LogP contribution in [-0.2, 0) is 9.47 Å². The smallest absolute Gasteiger partial charge is 0.0714 e. The van der Waals surface area contributed by atoms with Gasteiger partial charge in [0, 0.05) is 19.0 Å². The van der Waals surface area contributed by atoms with Crippen LogP contribution in [0.25, 0.3) is 0 Å². The van der Waals surface area contributed by atoms with Crippen molar-refractivity contribution in [2.75, 3.05) is 26.3 Å². The second kappa shape index (κ2) is 3.94. The van der Waals surface area contributed by atoms with Crippen LogP contribution in [0.2, 0.25) is 0 Å². The molecule has 0 amide bonds. The van der Waals surface area contributed by atoms with Gasteiger partial charge in [0.25, 0.3) is 0 Å². The highest BCUT2D eigenvalue weighted by Crippen LogP contribution is 2.44. The molecule has 0 aromatic heterocycles. The number of hydrogen-bond acceptors (Lipinski definition) is 3. The van der Waals surface area contributed by atoms with Crippen LogP contribution in [0.3, 0.4) is 0 Å². The summed E-state index contributed by atoms with van der Waals surface area (Å²) < 4.78 is 11.7. The van der Waals surface area contributed by atoms with Gasteiger partial charge < -0.3 is 9.47 Å². The van der Waals surface area contributed by atoms with Gasteiger partial charge in [-0.05, 0) is 40.0 Å². The Hall–Kier alpha value is -0.120. The highest BCUT2D eigenvalue weighted by Gasteiger charge is 2.48. The Kier molecular flexibility index (Phi) is 2.77. The van der Waals surface area contributed by atoms with Crippen LogP contribution in [0.15, 0.2) is 0 Å². The molecule has 3 aliphatic heterocycles. The molecular formula is C14H25NO2. The maximum Gasteiger partial charge on any atom is 0.0714 e. The Bertz CT molecular complexity index is 301. The Morgan fingerprint density at radius 1 is 1.12 bits per heavy atom. The van der Waals surface area contributed by atoms with E-state index in [1.807, 2.05) is 0 Å². The first-order valence-corrected chi connectivity index (χ1v) is 7.01. The molecule has 3 heterocycles. The molecule has 0 aromatic carbocycles. The van der Waals surface area contributed by atoms with Gasteiger partial charge in [-0.2, -0.15) is 0 Å². The molecule has 0 saturated carbocycles. The van der Waals surface area contributed by atoms with Crippen molar-refractivity contribution in [3.8, 4) is 0 Å². The number of likely N-dealkylation sites (tertiary alicyclic amines) is 1. The SMILES string of the molecule is CC1(C)CC[C@H]2CN(C3COC3)CC[C@@]2(C)O1. The lowest BCUT2D eigenvalue weighted by atomic mass is 9.74. The van der Waals surface area contributed by atoms with Gasteiger partial charge in [0.2, 0.25) is 0 Å². The van der Waals surface area contributed by atoms with Gasteiger partial charge in [-0.3, -0.25) is 4.90 Å². The normalized spacial score (nSPS) is 42.9. The topological polar surface area (TPSA) is 21.7 Å². The van der Waals surface area contributed by atoms with E-state index < -0.39 is 0 Å². The summed E-state index contributed by atoms with van der Waals surface area (Å²) in [5.74, 6) is 0.713. The molecule has 98 valence electrons. The molecule has 3 rings (SSSR count). The first-order valence-electron chi connectivity index (χ1n) is 7.01. The molecule has 3 saturated heterocycles. The molecule has 0 aromatic rings. The van der Waals surface area contributed by atoms with Crippen molar-refractivity contribution in [1.29, 1.82) is 0 Å². The van der Waals surface area contributed by atoms with E-state index in [1.165, 1.54) is 32.4 Å². The Morgan fingerprint density at radius 3 is 2.53 bits per heavy atom. The maximum absolute atomic E-state index is 6.39. The van der Waals surface area contributed by atoms with Crippen molar-refractivity contribution in [1.82, 2.24) is 4.90 Å². The number of ether oxygens (including phenoxy) is 2. The number of fused-ring (bicyclic) bond motifs is 1. The lowest BCUT2D eigenvalue weighted by molar-refractivity contribution is -0.222. The molecule has 3 heteroatoms. The zero-order chi connectivity index (χ0) is 12.1. The zero-order valence-corrected chi connectivity index (χ0v) is 11.4. The van der Waals surface area contributed by atoms with Crippen LogP contribution in [0, 0.1) is 5.92 Å². The molecule has 3 nitrogen and oxygen atoms in total. The Balaban J connectivity index is 1.68. The first-order chi connectivity index (χ1) is 7.99. The Morgan fingerprint density at radius 2 is 1.88 bits per heavy atom. The summed E-state index contributed by atoms with van der Waals surface area (Å²) in [6.07, 6.45) is 3.69. The van der Waals surface area contributed by atoms with Gasteiger partial charge in [0.05, 0.1) is 30.5 Å². The summed E-state index contributed by atoms with van der Waals surface area (Å²) >= 11 is 0. The molecule has 0 unspecified atom stereocenters. The molecule has 0 spiro atoms. The average molecular weight is 239 g/mol. The van der Waals surface area contributed by atoms with Crippen molar-refractivity contribution in [3.05, 3.63) is 0 Å². The number of rotatable bonds is 1. The summed E-state index contributed by atoms with van der Waals surface area (Å²) in [5, 5.41) is 0. The van der Waals surface area contributed by atoms with Gasteiger partial charge in [-0.1, -0.05) is 0 Å². The van der Waals surface area contributed by atoms with Crippen LogP contribution < -0.4 is 0 Å². The lowest BCUT2D eigenvalue weighted by Crippen LogP contribution is -2.61. The third kappa shape index (κ3) is 2.13. The van der Waals surface area contributed by atoms with E-state index in [9.17, 15) is 0 Å². The lowest BCUT2D eigenvalue weighted by Gasteiger charge is -2.55. The van der Waals surface area contributed by atoms with Crippen molar-refractivity contribution in [3.63, 3.8) is 0 Å². The zero-order valence-electron chi connectivity index (χ0n) is 11.4. The van der Waals surface area contributed by atoms with E-state index >= 15 is 0 Å². The van der Waals surface area contributed by atoms with E-state index in [2.05, 4.69) is 25.7 Å². The fraction of sp³-hybridized carbons (Fsp3) is 1.00. The molecule has 2 atom stereocenters. The molecule has 0 radical (unpaired) electrons. The van der Waals surface area contributed by atoms with Gasteiger partial charge in [0.15, 0.2) is 0 Å². The highest BCUT2D eigenvalue weighted by atomic mass is 16.5. The third-order valence-corrected chi connectivity index (χ3v) is 4.96. The van der Waals surface area contributed by atoms with Crippen molar-refractivity contribution >= 4 is 0 Å². The fourth-order valence-electron chi connectivity index (χ4n) is 3.64. The van der Waals surface area contributed by atoms with Gasteiger partial charge >= 0.3 is 0 Å². The second-order valence-electron chi connectivity index (χ2n) is 6.85. The molecule has 0 aliphatic carbocycles. The first kappa shape index (κ1) is 11.9. The van der Waals surface area contributed by atoms with Crippen LogP contribution in [-0.4, -0.2) is 48.4 Å². The molecule has 17 heavy (non-hydrogen) atoms. The average Bonchev–Trinajstić information content (AvgIpc) is 2.14. The van der Waals surface area contributed by atoms with Gasteiger partial charge in [-0.25, -0.2) is 0 Å². The van der Waals surface area contributed by atoms with Crippen molar-refractivity contribution in [2.24, 2.45) is 5.92 Å². The van der Waals surface area contributed by atoms with Crippen LogP contribution in [0.5, 0.6) is 0 Å². The predicted octanol–water partition coefficient (Wildman–Crippen LogP) is 2.05. The maximum atomic E-state index is 6.39. The third-order valence-electron chi connectivity index (χ3n) is 4.96. The van der Waals surface area contributed by atoms with E-state index in [0.29, 0.717) is 12.0 Å². The minimum absolute atomic E-state index is 0.0764. The monoisotopic (exact) mass is 239 g/mol. The Labute approximate surface area is 104 Å². The molecule has 3 aliphatic rings. The van der Waals surface area contributed by atoms with E-state index in [4.69, 9.17) is 9.47 Å². The van der Waals surface area contributed by atoms with Crippen LogP contribution in [0.4, 0.5) is 0 Å². The van der Waals surface area contributed by atoms with Crippen LogP contribution >= 0.6 is 0 Å². The highest BCUT2D eigenvalue weighted by molar-refractivity contribution is 4.99. The number of hydrogen-bond donors (Lipinski definition) is 0. The molecule has 0 N–H and O–H groups in total. The quantitative estimate of drug-likeness (QED) is 0.699. The van der Waals surface area contributed by atoms with E-state index in [-0.39, 0.29) is 11.2 Å². The van der Waals surface area contributed by atoms with E-state index in [0.717, 1.165) is 13.2 Å². The largest absolute Gasteiger partial charge is 0.378 e. The summed E-state index contributed by atoms with van der Waals surface area (Å²) in [6.45, 7) is 11.1. The standard InChI is InChI=1S/C14H25NO2/c1-13(2)5-4-11-8-15(12-9-16-10-12)7-6-14(11,3)17-13/h11-12H,4-10H2,1-3H3/t11-,14+/m0/s1. The summed E-state index contributed by atoms with van der Waals surface area (Å²) in [6, 6.07) is 0.689. The van der Waals surface area contributed by atoms with Crippen LogP contribution in [0.1, 0.15) is 40.0 Å².